The average Bonchev–Trinajstić information content (AvgIpc) is 2.82. The number of hydrogen-bond donors (Lipinski definition) is 1. The summed E-state index contributed by atoms with van der Waals surface area (Å²) in [6.45, 7) is 0. The molecule has 1 N–H and O–H groups in total. The zero-order valence-corrected chi connectivity index (χ0v) is 13.9. The van der Waals surface area contributed by atoms with E-state index in [9.17, 15) is 0 Å². The molecule has 1 aromatic rings. The molecule has 1 nitrogen and oxygen atoms in total. The second kappa shape index (κ2) is 6.19. The molecule has 0 amide bonds. The predicted molar refractivity (Wildman–Crippen MR) is 87.9 cm³/mol. The van der Waals surface area contributed by atoms with Gasteiger partial charge in [-0.2, -0.15) is 11.8 Å². The maximum atomic E-state index is 3.96. The third-order valence-electron chi connectivity index (χ3n) is 4.60. The van der Waals surface area contributed by atoms with E-state index in [1.807, 2.05) is 0 Å². The molecule has 0 bridgehead atoms. The lowest BCUT2D eigenvalue weighted by atomic mass is 9.93. The van der Waals surface area contributed by atoms with Gasteiger partial charge >= 0.3 is 0 Å². The molecule has 3 heteroatoms. The highest BCUT2D eigenvalue weighted by Crippen LogP contribution is 2.36. The number of benzene rings is 1. The lowest BCUT2D eigenvalue weighted by Crippen LogP contribution is -2.41. The summed E-state index contributed by atoms with van der Waals surface area (Å²) in [6, 6.07) is 8.08. The molecule has 1 saturated carbocycles. The van der Waals surface area contributed by atoms with Crippen LogP contribution in [0.4, 0.5) is 0 Å². The van der Waals surface area contributed by atoms with E-state index in [0.29, 0.717) is 12.1 Å². The summed E-state index contributed by atoms with van der Waals surface area (Å²) in [6.07, 6.45) is 10.3. The van der Waals surface area contributed by atoms with Gasteiger partial charge in [0.25, 0.3) is 0 Å². The van der Waals surface area contributed by atoms with Gasteiger partial charge in [-0.3, -0.25) is 0 Å². The van der Waals surface area contributed by atoms with Crippen molar-refractivity contribution in [2.75, 3.05) is 6.26 Å². The second-order valence-corrected chi connectivity index (χ2v) is 7.76. The fourth-order valence-corrected chi connectivity index (χ4v) is 4.94. The van der Waals surface area contributed by atoms with Crippen molar-refractivity contribution in [2.45, 2.75) is 55.9 Å². The lowest BCUT2D eigenvalue weighted by molar-refractivity contribution is 0.346. The zero-order valence-electron chi connectivity index (χ0n) is 11.5. The van der Waals surface area contributed by atoms with Crippen LogP contribution >= 0.6 is 27.7 Å². The van der Waals surface area contributed by atoms with Crippen LogP contribution < -0.4 is 5.32 Å². The number of nitrogens with one attached hydrogen (secondary N) is 1. The van der Waals surface area contributed by atoms with Crippen molar-refractivity contribution in [1.82, 2.24) is 5.32 Å². The molecule has 3 unspecified atom stereocenters. The molecule has 104 valence electrons. The molecule has 1 aromatic carbocycles. The van der Waals surface area contributed by atoms with E-state index in [4.69, 9.17) is 0 Å². The summed E-state index contributed by atoms with van der Waals surface area (Å²) in [5, 5.41) is 4.77. The number of rotatable bonds is 3. The minimum Gasteiger partial charge on any atom is -0.306 e. The molecule has 0 spiro atoms. The maximum absolute atomic E-state index is 3.96. The molecule has 0 radical (unpaired) electrons. The molecule has 0 heterocycles. The first kappa shape index (κ1) is 14.0. The Labute approximate surface area is 129 Å². The highest BCUT2D eigenvalue weighted by molar-refractivity contribution is 9.10. The number of hydrogen-bond acceptors (Lipinski definition) is 2. The van der Waals surface area contributed by atoms with Crippen LogP contribution in [0, 0.1) is 0 Å². The van der Waals surface area contributed by atoms with E-state index < -0.39 is 0 Å². The van der Waals surface area contributed by atoms with Crippen LogP contribution in [-0.4, -0.2) is 17.5 Å². The van der Waals surface area contributed by atoms with E-state index in [0.717, 1.165) is 5.25 Å². The van der Waals surface area contributed by atoms with Crippen LogP contribution in [0.3, 0.4) is 0 Å². The summed E-state index contributed by atoms with van der Waals surface area (Å²) >= 11 is 5.63. The number of halogens is 1. The van der Waals surface area contributed by atoms with Gasteiger partial charge in [0.2, 0.25) is 0 Å². The zero-order chi connectivity index (χ0) is 13.2. The molecular formula is C16H22BrNS. The van der Waals surface area contributed by atoms with Crippen molar-refractivity contribution in [3.8, 4) is 0 Å². The van der Waals surface area contributed by atoms with E-state index >= 15 is 0 Å². The topological polar surface area (TPSA) is 12.0 Å². The molecule has 3 rings (SSSR count). The van der Waals surface area contributed by atoms with E-state index in [-0.39, 0.29) is 0 Å². The minimum absolute atomic E-state index is 0.584. The monoisotopic (exact) mass is 339 g/mol. The van der Waals surface area contributed by atoms with Crippen molar-refractivity contribution in [3.05, 3.63) is 33.8 Å². The van der Waals surface area contributed by atoms with Gasteiger partial charge in [0.15, 0.2) is 0 Å². The Balaban J connectivity index is 1.71. The predicted octanol–water partition coefficient (Wildman–Crippen LogP) is 4.70. The molecule has 0 saturated heterocycles. The van der Waals surface area contributed by atoms with Gasteiger partial charge in [-0.15, -0.1) is 0 Å². The van der Waals surface area contributed by atoms with Crippen LogP contribution in [0.1, 0.15) is 49.3 Å². The average molecular weight is 340 g/mol. The van der Waals surface area contributed by atoms with Gasteiger partial charge in [0, 0.05) is 21.8 Å². The lowest BCUT2D eigenvalue weighted by Gasteiger charge is -2.33. The molecule has 2 aliphatic carbocycles. The molecule has 0 aliphatic heterocycles. The van der Waals surface area contributed by atoms with Gasteiger partial charge < -0.3 is 5.32 Å². The largest absolute Gasteiger partial charge is 0.306 e. The second-order valence-electron chi connectivity index (χ2n) is 5.77. The Morgan fingerprint density at radius 1 is 1.21 bits per heavy atom. The van der Waals surface area contributed by atoms with Crippen LogP contribution in [-0.2, 0) is 6.42 Å². The maximum Gasteiger partial charge on any atom is 0.0329 e. The number of fused-ring (bicyclic) bond motifs is 1. The summed E-state index contributed by atoms with van der Waals surface area (Å²) in [5.41, 5.74) is 3.07. The summed E-state index contributed by atoms with van der Waals surface area (Å²) in [4.78, 5) is 0. The Kier molecular flexibility index (Phi) is 4.55. The standard InChI is InChI=1S/C16H22BrNS/c1-19-16-5-3-2-4-15(16)18-14-9-6-11-10-12(17)7-8-13(11)14/h7-8,10,14-16,18H,2-6,9H2,1H3. The molecule has 1 fully saturated rings. The number of aryl methyl sites for hydroxylation is 1. The Hall–Kier alpha value is 0.01000. The quantitative estimate of drug-likeness (QED) is 0.856. The first-order valence-electron chi connectivity index (χ1n) is 7.35. The fourth-order valence-electron chi connectivity index (χ4n) is 3.59. The summed E-state index contributed by atoms with van der Waals surface area (Å²) in [7, 11) is 0. The summed E-state index contributed by atoms with van der Waals surface area (Å²) in [5.74, 6) is 0. The fraction of sp³-hybridized carbons (Fsp3) is 0.625. The smallest absolute Gasteiger partial charge is 0.0329 e. The Morgan fingerprint density at radius 3 is 2.89 bits per heavy atom. The van der Waals surface area contributed by atoms with Crippen molar-refractivity contribution >= 4 is 27.7 Å². The van der Waals surface area contributed by atoms with Gasteiger partial charge in [-0.1, -0.05) is 34.8 Å². The van der Waals surface area contributed by atoms with Gasteiger partial charge in [-0.05, 0) is 55.2 Å². The van der Waals surface area contributed by atoms with Crippen LogP contribution in [0.5, 0.6) is 0 Å². The van der Waals surface area contributed by atoms with Crippen LogP contribution in [0.15, 0.2) is 22.7 Å². The third kappa shape index (κ3) is 3.03. The first-order valence-corrected chi connectivity index (χ1v) is 9.43. The van der Waals surface area contributed by atoms with Crippen molar-refractivity contribution in [1.29, 1.82) is 0 Å². The molecule has 19 heavy (non-hydrogen) atoms. The normalized spacial score (nSPS) is 30.3. The van der Waals surface area contributed by atoms with Crippen molar-refractivity contribution in [2.24, 2.45) is 0 Å². The molecule has 3 atom stereocenters. The van der Waals surface area contributed by atoms with E-state index in [1.165, 1.54) is 54.1 Å². The van der Waals surface area contributed by atoms with Crippen LogP contribution in [0.25, 0.3) is 0 Å². The van der Waals surface area contributed by atoms with Gasteiger partial charge in [-0.25, -0.2) is 0 Å². The number of thioether (sulfide) groups is 1. The van der Waals surface area contributed by atoms with E-state index in [1.54, 1.807) is 0 Å². The molecular weight excluding hydrogens is 318 g/mol. The van der Waals surface area contributed by atoms with Crippen molar-refractivity contribution < 1.29 is 0 Å². The third-order valence-corrected chi connectivity index (χ3v) is 6.27. The highest BCUT2D eigenvalue weighted by atomic mass is 79.9. The van der Waals surface area contributed by atoms with Gasteiger partial charge in [0.05, 0.1) is 0 Å². The Bertz CT molecular complexity index is 448. The minimum atomic E-state index is 0.584. The molecule has 2 aliphatic rings. The Morgan fingerprint density at radius 2 is 2.05 bits per heavy atom. The SMILES string of the molecule is CSC1CCCCC1NC1CCc2cc(Br)ccc21. The van der Waals surface area contributed by atoms with Gasteiger partial charge in [0.1, 0.15) is 0 Å². The van der Waals surface area contributed by atoms with Crippen molar-refractivity contribution in [3.63, 3.8) is 0 Å². The van der Waals surface area contributed by atoms with E-state index in [2.05, 4.69) is 57.5 Å². The first-order chi connectivity index (χ1) is 9.28. The molecule has 0 aromatic heterocycles. The highest BCUT2D eigenvalue weighted by Gasteiger charge is 2.29. The summed E-state index contributed by atoms with van der Waals surface area (Å²) < 4.78 is 1.21. The van der Waals surface area contributed by atoms with Crippen LogP contribution in [0.2, 0.25) is 0 Å².